The molecule has 120 valence electrons. The van der Waals surface area contributed by atoms with E-state index in [1.165, 1.54) is 0 Å². The standard InChI is InChI=1S/C16H27NO3S/c1-3-5-12-17(13-6-4-2)21(19,20)16-9-7-15(8-10-16)11-14-18/h7-10,18H,3-6,11-14H2,1-2H3. The SMILES string of the molecule is CCCCN(CCCC)S(=O)(=O)c1ccc(CCO)cc1. The predicted octanol–water partition coefficient (Wildman–Crippen LogP) is 2.81. The van der Waals surface area contributed by atoms with Crippen molar-refractivity contribution in [2.45, 2.75) is 50.8 Å². The van der Waals surface area contributed by atoms with Crippen LogP contribution in [0.4, 0.5) is 0 Å². The number of nitrogens with zero attached hydrogens (tertiary/aromatic N) is 1. The van der Waals surface area contributed by atoms with Gasteiger partial charge in [-0.25, -0.2) is 8.42 Å². The molecule has 0 atom stereocenters. The van der Waals surface area contributed by atoms with Gasteiger partial charge in [0.2, 0.25) is 10.0 Å². The average molecular weight is 313 g/mol. The largest absolute Gasteiger partial charge is 0.396 e. The summed E-state index contributed by atoms with van der Waals surface area (Å²) in [5.74, 6) is 0. The maximum absolute atomic E-state index is 12.7. The van der Waals surface area contributed by atoms with Crippen molar-refractivity contribution in [3.8, 4) is 0 Å². The van der Waals surface area contributed by atoms with Gasteiger partial charge in [0.1, 0.15) is 0 Å². The Morgan fingerprint density at radius 1 is 1.00 bits per heavy atom. The molecule has 21 heavy (non-hydrogen) atoms. The Kier molecular flexibility index (Phi) is 7.93. The molecule has 0 aromatic heterocycles. The van der Waals surface area contributed by atoms with Crippen molar-refractivity contribution in [1.82, 2.24) is 4.31 Å². The lowest BCUT2D eigenvalue weighted by atomic mass is 10.2. The molecular weight excluding hydrogens is 286 g/mol. The number of hydrogen-bond donors (Lipinski definition) is 1. The van der Waals surface area contributed by atoms with Crippen LogP contribution in [0.2, 0.25) is 0 Å². The third-order valence-electron chi connectivity index (χ3n) is 3.48. The molecule has 5 heteroatoms. The summed E-state index contributed by atoms with van der Waals surface area (Å²) in [6, 6.07) is 6.85. The fourth-order valence-corrected chi connectivity index (χ4v) is 3.64. The topological polar surface area (TPSA) is 57.6 Å². The monoisotopic (exact) mass is 313 g/mol. The van der Waals surface area contributed by atoms with E-state index in [2.05, 4.69) is 13.8 Å². The average Bonchev–Trinajstić information content (AvgIpc) is 2.48. The van der Waals surface area contributed by atoms with Crippen LogP contribution < -0.4 is 0 Å². The van der Waals surface area contributed by atoms with E-state index >= 15 is 0 Å². The molecule has 0 aliphatic heterocycles. The third-order valence-corrected chi connectivity index (χ3v) is 5.40. The first-order valence-electron chi connectivity index (χ1n) is 7.76. The molecule has 0 unspecified atom stereocenters. The summed E-state index contributed by atoms with van der Waals surface area (Å²) in [6.45, 7) is 5.36. The molecule has 1 aromatic rings. The van der Waals surface area contributed by atoms with Gasteiger partial charge in [-0.2, -0.15) is 4.31 Å². The first kappa shape index (κ1) is 18.1. The van der Waals surface area contributed by atoms with E-state index in [-0.39, 0.29) is 6.61 Å². The van der Waals surface area contributed by atoms with Crippen LogP contribution in [-0.4, -0.2) is 37.5 Å². The summed E-state index contributed by atoms with van der Waals surface area (Å²) in [6.07, 6.45) is 4.27. The minimum absolute atomic E-state index is 0.0746. The first-order chi connectivity index (χ1) is 10.1. The Hall–Kier alpha value is -0.910. The van der Waals surface area contributed by atoms with E-state index < -0.39 is 10.0 Å². The Labute approximate surface area is 128 Å². The number of hydrogen-bond acceptors (Lipinski definition) is 3. The second-order valence-corrected chi connectivity index (χ2v) is 7.17. The summed E-state index contributed by atoms with van der Waals surface area (Å²) in [5, 5.41) is 8.90. The van der Waals surface area contributed by atoms with Crippen LogP contribution >= 0.6 is 0 Å². The van der Waals surface area contributed by atoms with Crippen LogP contribution in [0.5, 0.6) is 0 Å². The normalized spacial score (nSPS) is 12.0. The smallest absolute Gasteiger partial charge is 0.243 e. The van der Waals surface area contributed by atoms with Gasteiger partial charge >= 0.3 is 0 Å². The summed E-state index contributed by atoms with van der Waals surface area (Å²) in [4.78, 5) is 0.344. The van der Waals surface area contributed by atoms with E-state index in [1.807, 2.05) is 0 Å². The number of sulfonamides is 1. The van der Waals surface area contributed by atoms with Crippen molar-refractivity contribution in [3.63, 3.8) is 0 Å². The van der Waals surface area contributed by atoms with E-state index in [0.29, 0.717) is 24.4 Å². The number of benzene rings is 1. The maximum atomic E-state index is 12.7. The maximum Gasteiger partial charge on any atom is 0.243 e. The molecule has 0 heterocycles. The minimum Gasteiger partial charge on any atom is -0.396 e. The zero-order valence-electron chi connectivity index (χ0n) is 13.1. The number of rotatable bonds is 10. The molecule has 0 spiro atoms. The Morgan fingerprint density at radius 2 is 1.52 bits per heavy atom. The second-order valence-electron chi connectivity index (χ2n) is 5.23. The highest BCUT2D eigenvalue weighted by Gasteiger charge is 2.23. The molecule has 0 aliphatic rings. The van der Waals surface area contributed by atoms with Gasteiger partial charge in [0.15, 0.2) is 0 Å². The minimum atomic E-state index is -3.41. The molecule has 4 nitrogen and oxygen atoms in total. The van der Waals surface area contributed by atoms with Crippen LogP contribution in [0.15, 0.2) is 29.2 Å². The van der Waals surface area contributed by atoms with Gasteiger partial charge in [-0.05, 0) is 37.0 Å². The van der Waals surface area contributed by atoms with E-state index in [9.17, 15) is 8.42 Å². The lowest BCUT2D eigenvalue weighted by Crippen LogP contribution is -2.33. The first-order valence-corrected chi connectivity index (χ1v) is 9.20. The highest BCUT2D eigenvalue weighted by molar-refractivity contribution is 7.89. The van der Waals surface area contributed by atoms with Crippen LogP contribution in [0, 0.1) is 0 Å². The van der Waals surface area contributed by atoms with Gasteiger partial charge in [-0.15, -0.1) is 0 Å². The summed E-state index contributed by atoms with van der Waals surface area (Å²) in [7, 11) is -3.41. The summed E-state index contributed by atoms with van der Waals surface area (Å²) < 4.78 is 27.0. The fourth-order valence-electron chi connectivity index (χ4n) is 2.13. The van der Waals surface area contributed by atoms with Gasteiger partial charge < -0.3 is 5.11 Å². The lowest BCUT2D eigenvalue weighted by molar-refractivity contribution is 0.299. The molecule has 1 N–H and O–H groups in total. The molecule has 1 aromatic carbocycles. The van der Waals surface area contributed by atoms with Gasteiger partial charge in [0, 0.05) is 19.7 Å². The molecule has 0 aliphatic carbocycles. The molecule has 0 amide bonds. The third kappa shape index (κ3) is 5.41. The molecule has 0 saturated heterocycles. The highest BCUT2D eigenvalue weighted by atomic mass is 32.2. The van der Waals surface area contributed by atoms with Gasteiger partial charge in [0.25, 0.3) is 0 Å². The van der Waals surface area contributed by atoms with Crippen LogP contribution in [0.25, 0.3) is 0 Å². The van der Waals surface area contributed by atoms with Crippen molar-refractivity contribution in [1.29, 1.82) is 0 Å². The number of aliphatic hydroxyl groups excluding tert-OH is 1. The Bertz CT molecular complexity index is 489. The van der Waals surface area contributed by atoms with Crippen molar-refractivity contribution >= 4 is 10.0 Å². The molecule has 0 saturated carbocycles. The lowest BCUT2D eigenvalue weighted by Gasteiger charge is -2.22. The molecular formula is C16H27NO3S. The predicted molar refractivity (Wildman–Crippen MR) is 85.8 cm³/mol. The highest BCUT2D eigenvalue weighted by Crippen LogP contribution is 2.18. The zero-order valence-corrected chi connectivity index (χ0v) is 13.9. The molecule has 1 rings (SSSR count). The summed E-state index contributed by atoms with van der Waals surface area (Å²) >= 11 is 0. The van der Waals surface area contributed by atoms with E-state index in [4.69, 9.17) is 5.11 Å². The van der Waals surface area contributed by atoms with Crippen LogP contribution in [-0.2, 0) is 16.4 Å². The Morgan fingerprint density at radius 3 is 1.95 bits per heavy atom. The van der Waals surface area contributed by atoms with Gasteiger partial charge in [0.05, 0.1) is 4.90 Å². The van der Waals surface area contributed by atoms with E-state index in [1.54, 1.807) is 28.6 Å². The molecule has 0 fully saturated rings. The fraction of sp³-hybridized carbons (Fsp3) is 0.625. The van der Waals surface area contributed by atoms with E-state index in [0.717, 1.165) is 31.2 Å². The Balaban J connectivity index is 2.92. The van der Waals surface area contributed by atoms with Crippen molar-refractivity contribution in [2.75, 3.05) is 19.7 Å². The molecule has 0 radical (unpaired) electrons. The van der Waals surface area contributed by atoms with Crippen LogP contribution in [0.3, 0.4) is 0 Å². The van der Waals surface area contributed by atoms with Crippen molar-refractivity contribution < 1.29 is 13.5 Å². The van der Waals surface area contributed by atoms with Crippen LogP contribution in [0.1, 0.15) is 45.1 Å². The van der Waals surface area contributed by atoms with Crippen molar-refractivity contribution in [3.05, 3.63) is 29.8 Å². The quantitative estimate of drug-likeness (QED) is 0.722. The van der Waals surface area contributed by atoms with Gasteiger partial charge in [-0.3, -0.25) is 0 Å². The second kappa shape index (κ2) is 9.18. The molecule has 0 bridgehead atoms. The van der Waals surface area contributed by atoms with Gasteiger partial charge in [-0.1, -0.05) is 38.8 Å². The zero-order chi connectivity index (χ0) is 15.7. The van der Waals surface area contributed by atoms with Crippen molar-refractivity contribution in [2.24, 2.45) is 0 Å². The number of aliphatic hydroxyl groups is 1. The summed E-state index contributed by atoms with van der Waals surface area (Å²) in [5.41, 5.74) is 0.949. The number of unbranched alkanes of at least 4 members (excludes halogenated alkanes) is 2.